The summed E-state index contributed by atoms with van der Waals surface area (Å²) >= 11 is 0. The molecule has 1 fully saturated rings. The van der Waals surface area contributed by atoms with Crippen LogP contribution in [0.4, 0.5) is 5.69 Å². The molecule has 0 aliphatic carbocycles. The van der Waals surface area contributed by atoms with Crippen LogP contribution in [0.15, 0.2) is 18.2 Å². The summed E-state index contributed by atoms with van der Waals surface area (Å²) in [6, 6.07) is 6.42. The smallest absolute Gasteiger partial charge is 0.154 e. The standard InChI is InChI=1S/C14H19NO/c1-10-5-6-13(11(2)7-10)15-9-12(16)8-14(15,3)4/h5-7H,8-9H2,1-4H3. The lowest BCUT2D eigenvalue weighted by Crippen LogP contribution is -2.38. The Morgan fingerprint density at radius 3 is 2.44 bits per heavy atom. The predicted molar refractivity (Wildman–Crippen MR) is 67.0 cm³/mol. The molecule has 86 valence electrons. The Labute approximate surface area is 97.3 Å². The van der Waals surface area contributed by atoms with Crippen LogP contribution in [0.3, 0.4) is 0 Å². The zero-order chi connectivity index (χ0) is 11.9. The van der Waals surface area contributed by atoms with Crippen LogP contribution in [0.2, 0.25) is 0 Å². The molecule has 0 amide bonds. The van der Waals surface area contributed by atoms with E-state index in [1.807, 2.05) is 0 Å². The number of aryl methyl sites for hydroxylation is 2. The molecule has 0 atom stereocenters. The van der Waals surface area contributed by atoms with Crippen molar-refractivity contribution in [2.45, 2.75) is 39.7 Å². The average Bonchev–Trinajstić information content (AvgIpc) is 2.39. The van der Waals surface area contributed by atoms with Gasteiger partial charge in [-0.05, 0) is 39.3 Å². The number of ketones is 1. The molecule has 1 aliphatic rings. The highest BCUT2D eigenvalue weighted by molar-refractivity contribution is 5.89. The summed E-state index contributed by atoms with van der Waals surface area (Å²) in [5.41, 5.74) is 3.67. The monoisotopic (exact) mass is 217 g/mol. The first-order chi connectivity index (χ1) is 7.40. The zero-order valence-corrected chi connectivity index (χ0v) is 10.5. The lowest BCUT2D eigenvalue weighted by Gasteiger charge is -2.33. The summed E-state index contributed by atoms with van der Waals surface area (Å²) in [5, 5.41) is 0. The van der Waals surface area contributed by atoms with Crippen molar-refractivity contribution < 1.29 is 4.79 Å². The van der Waals surface area contributed by atoms with Gasteiger partial charge in [0.2, 0.25) is 0 Å². The van der Waals surface area contributed by atoms with Crippen molar-refractivity contribution in [2.75, 3.05) is 11.4 Å². The molecule has 16 heavy (non-hydrogen) atoms. The number of nitrogens with zero attached hydrogens (tertiary/aromatic N) is 1. The fraction of sp³-hybridized carbons (Fsp3) is 0.500. The Bertz CT molecular complexity index is 434. The molecule has 0 unspecified atom stereocenters. The van der Waals surface area contributed by atoms with Gasteiger partial charge in [-0.25, -0.2) is 0 Å². The van der Waals surface area contributed by atoms with Gasteiger partial charge < -0.3 is 4.90 Å². The SMILES string of the molecule is Cc1ccc(N2CC(=O)CC2(C)C)c(C)c1. The lowest BCUT2D eigenvalue weighted by molar-refractivity contribution is -0.116. The van der Waals surface area contributed by atoms with Gasteiger partial charge >= 0.3 is 0 Å². The van der Waals surface area contributed by atoms with E-state index in [9.17, 15) is 4.79 Å². The number of benzene rings is 1. The number of hydrogen-bond acceptors (Lipinski definition) is 2. The van der Waals surface area contributed by atoms with Gasteiger partial charge in [-0.15, -0.1) is 0 Å². The van der Waals surface area contributed by atoms with Crippen molar-refractivity contribution in [3.8, 4) is 0 Å². The first-order valence-corrected chi connectivity index (χ1v) is 5.77. The molecule has 1 heterocycles. The van der Waals surface area contributed by atoms with Crippen LogP contribution >= 0.6 is 0 Å². The fourth-order valence-electron chi connectivity index (χ4n) is 2.54. The Balaban J connectivity index is 2.41. The topological polar surface area (TPSA) is 20.3 Å². The summed E-state index contributed by atoms with van der Waals surface area (Å²) in [6.45, 7) is 9.03. The number of hydrogen-bond donors (Lipinski definition) is 0. The van der Waals surface area contributed by atoms with E-state index >= 15 is 0 Å². The molecule has 1 aliphatic heterocycles. The molecule has 0 N–H and O–H groups in total. The fourth-order valence-corrected chi connectivity index (χ4v) is 2.54. The quantitative estimate of drug-likeness (QED) is 0.721. The molecule has 1 aromatic rings. The van der Waals surface area contributed by atoms with E-state index in [2.05, 4.69) is 50.8 Å². The predicted octanol–water partition coefficient (Wildman–Crippen LogP) is 2.86. The normalized spacial score (nSPS) is 19.2. The molecule has 0 bridgehead atoms. The molecular weight excluding hydrogens is 198 g/mol. The molecule has 0 aromatic heterocycles. The molecule has 0 spiro atoms. The molecule has 2 heteroatoms. The molecule has 0 saturated carbocycles. The Morgan fingerprint density at radius 1 is 1.25 bits per heavy atom. The second-order valence-electron chi connectivity index (χ2n) is 5.40. The van der Waals surface area contributed by atoms with Gasteiger partial charge in [0, 0.05) is 17.6 Å². The number of carbonyl (C=O) groups excluding carboxylic acids is 1. The van der Waals surface area contributed by atoms with Crippen LogP contribution in [-0.2, 0) is 4.79 Å². The van der Waals surface area contributed by atoms with Crippen molar-refractivity contribution in [1.29, 1.82) is 0 Å². The maximum absolute atomic E-state index is 11.6. The number of carbonyl (C=O) groups is 1. The second kappa shape index (κ2) is 3.62. The van der Waals surface area contributed by atoms with Crippen LogP contribution in [0, 0.1) is 13.8 Å². The summed E-state index contributed by atoms with van der Waals surface area (Å²) in [4.78, 5) is 13.8. The highest BCUT2D eigenvalue weighted by atomic mass is 16.1. The van der Waals surface area contributed by atoms with E-state index in [4.69, 9.17) is 0 Å². The Morgan fingerprint density at radius 2 is 1.94 bits per heavy atom. The third-order valence-electron chi connectivity index (χ3n) is 3.34. The van der Waals surface area contributed by atoms with E-state index in [0.29, 0.717) is 18.7 Å². The van der Waals surface area contributed by atoms with Crippen molar-refractivity contribution in [2.24, 2.45) is 0 Å². The van der Waals surface area contributed by atoms with Crippen LogP contribution in [0.1, 0.15) is 31.4 Å². The van der Waals surface area contributed by atoms with E-state index in [0.717, 1.165) is 0 Å². The summed E-state index contributed by atoms with van der Waals surface area (Å²) < 4.78 is 0. The van der Waals surface area contributed by atoms with Crippen molar-refractivity contribution in [1.82, 2.24) is 0 Å². The molecular formula is C14H19NO. The summed E-state index contributed by atoms with van der Waals surface area (Å²) in [5.74, 6) is 0.338. The highest BCUT2D eigenvalue weighted by Crippen LogP contribution is 2.34. The molecule has 1 aromatic carbocycles. The van der Waals surface area contributed by atoms with Crippen LogP contribution < -0.4 is 4.90 Å². The average molecular weight is 217 g/mol. The largest absolute Gasteiger partial charge is 0.358 e. The maximum Gasteiger partial charge on any atom is 0.154 e. The van der Waals surface area contributed by atoms with E-state index < -0.39 is 0 Å². The summed E-state index contributed by atoms with van der Waals surface area (Å²) in [6.07, 6.45) is 0.653. The van der Waals surface area contributed by atoms with Gasteiger partial charge in [0.15, 0.2) is 5.78 Å². The van der Waals surface area contributed by atoms with Crippen molar-refractivity contribution in [3.63, 3.8) is 0 Å². The van der Waals surface area contributed by atoms with E-state index in [1.165, 1.54) is 16.8 Å². The second-order valence-corrected chi connectivity index (χ2v) is 5.40. The number of Topliss-reactive ketones (excluding diaryl/α,β-unsaturated/α-hetero) is 1. The van der Waals surface area contributed by atoms with E-state index in [1.54, 1.807) is 0 Å². The lowest BCUT2D eigenvalue weighted by atomic mass is 10.00. The maximum atomic E-state index is 11.6. The Hall–Kier alpha value is -1.31. The van der Waals surface area contributed by atoms with Crippen molar-refractivity contribution >= 4 is 11.5 Å². The minimum Gasteiger partial charge on any atom is -0.358 e. The first kappa shape index (κ1) is 11.2. The van der Waals surface area contributed by atoms with Crippen LogP contribution in [0.5, 0.6) is 0 Å². The van der Waals surface area contributed by atoms with Gasteiger partial charge in [-0.3, -0.25) is 4.79 Å². The van der Waals surface area contributed by atoms with Crippen molar-refractivity contribution in [3.05, 3.63) is 29.3 Å². The molecule has 0 radical (unpaired) electrons. The zero-order valence-electron chi connectivity index (χ0n) is 10.5. The van der Waals surface area contributed by atoms with Crippen LogP contribution in [0.25, 0.3) is 0 Å². The third kappa shape index (κ3) is 1.84. The molecule has 2 rings (SSSR count). The number of rotatable bonds is 1. The van der Waals surface area contributed by atoms with Gasteiger partial charge in [-0.1, -0.05) is 17.7 Å². The van der Waals surface area contributed by atoms with Gasteiger partial charge in [0.05, 0.1) is 6.54 Å². The van der Waals surface area contributed by atoms with Crippen LogP contribution in [-0.4, -0.2) is 17.9 Å². The van der Waals surface area contributed by atoms with Gasteiger partial charge in [-0.2, -0.15) is 0 Å². The van der Waals surface area contributed by atoms with E-state index in [-0.39, 0.29) is 5.54 Å². The Kier molecular flexibility index (Phi) is 2.53. The van der Waals surface area contributed by atoms with Gasteiger partial charge in [0.25, 0.3) is 0 Å². The van der Waals surface area contributed by atoms with Gasteiger partial charge in [0.1, 0.15) is 0 Å². The molecule has 2 nitrogen and oxygen atoms in total. The minimum absolute atomic E-state index is 0.0445. The third-order valence-corrected chi connectivity index (χ3v) is 3.34. The summed E-state index contributed by atoms with van der Waals surface area (Å²) in [7, 11) is 0. The first-order valence-electron chi connectivity index (χ1n) is 5.77. The molecule has 1 saturated heterocycles. The highest BCUT2D eigenvalue weighted by Gasteiger charge is 2.37. The number of anilines is 1. The minimum atomic E-state index is -0.0445.